The summed E-state index contributed by atoms with van der Waals surface area (Å²) in [7, 11) is 0. The summed E-state index contributed by atoms with van der Waals surface area (Å²) < 4.78 is 14.7. The zero-order valence-electron chi connectivity index (χ0n) is 9.03. The minimum atomic E-state index is -0.362. The quantitative estimate of drug-likeness (QED) is 0.846. The summed E-state index contributed by atoms with van der Waals surface area (Å²) in [5.41, 5.74) is 0.678. The lowest BCUT2D eigenvalue weighted by molar-refractivity contribution is 0.627. The predicted octanol–water partition coefficient (Wildman–Crippen LogP) is 3.26. The van der Waals surface area contributed by atoms with Crippen molar-refractivity contribution in [3.63, 3.8) is 0 Å². The van der Waals surface area contributed by atoms with Crippen LogP contribution in [0.2, 0.25) is 5.02 Å². The zero-order chi connectivity index (χ0) is 12.3. The van der Waals surface area contributed by atoms with Crippen molar-refractivity contribution in [1.82, 2.24) is 9.55 Å². The maximum absolute atomic E-state index is 13.0. The number of rotatable bonds is 4. The van der Waals surface area contributed by atoms with Crippen LogP contribution in [0.4, 0.5) is 10.3 Å². The fourth-order valence-electron chi connectivity index (χ4n) is 1.47. The number of nitrogens with one attached hydrogen (secondary N) is 1. The van der Waals surface area contributed by atoms with Gasteiger partial charge in [0.2, 0.25) is 5.95 Å². The molecule has 0 saturated carbocycles. The predicted molar refractivity (Wildman–Crippen MR) is 67.2 cm³/mol. The second kappa shape index (κ2) is 5.01. The van der Waals surface area contributed by atoms with E-state index >= 15 is 0 Å². The molecule has 0 saturated heterocycles. The smallest absolute Gasteiger partial charge is 0.207 e. The highest BCUT2D eigenvalue weighted by atomic mass is 35.5. The summed E-state index contributed by atoms with van der Waals surface area (Å²) in [6, 6.07) is 4.24. The summed E-state index contributed by atoms with van der Waals surface area (Å²) in [5, 5.41) is 3.40. The maximum Gasteiger partial charge on any atom is 0.207 e. The molecule has 1 heterocycles. The van der Waals surface area contributed by atoms with E-state index in [1.807, 2.05) is 0 Å². The standard InChI is InChI=1S/C12H11ClFN3/c1-2-5-15-12-16-6-7-17(12)11-4-3-9(14)8-10(11)13/h2-4,6-8H,1,5H2,(H,15,16). The van der Waals surface area contributed by atoms with E-state index < -0.39 is 0 Å². The molecule has 0 atom stereocenters. The highest BCUT2D eigenvalue weighted by molar-refractivity contribution is 6.32. The van der Waals surface area contributed by atoms with Crippen molar-refractivity contribution in [2.45, 2.75) is 0 Å². The lowest BCUT2D eigenvalue weighted by atomic mass is 10.3. The van der Waals surface area contributed by atoms with Crippen molar-refractivity contribution in [3.8, 4) is 5.69 Å². The number of benzene rings is 1. The van der Waals surface area contributed by atoms with Crippen LogP contribution in [0.3, 0.4) is 0 Å². The first-order valence-electron chi connectivity index (χ1n) is 5.06. The number of halogens is 2. The monoisotopic (exact) mass is 251 g/mol. The van der Waals surface area contributed by atoms with Crippen molar-refractivity contribution in [3.05, 3.63) is 54.1 Å². The highest BCUT2D eigenvalue weighted by Gasteiger charge is 2.08. The van der Waals surface area contributed by atoms with E-state index in [0.717, 1.165) is 0 Å². The number of imidazole rings is 1. The third-order valence-corrected chi connectivity index (χ3v) is 2.52. The Morgan fingerprint density at radius 2 is 2.35 bits per heavy atom. The van der Waals surface area contributed by atoms with Crippen LogP contribution < -0.4 is 5.32 Å². The first kappa shape index (κ1) is 11.7. The Bertz CT molecular complexity index is 536. The van der Waals surface area contributed by atoms with Gasteiger partial charge in [0.05, 0.1) is 10.7 Å². The molecular formula is C12H11ClFN3. The third kappa shape index (κ3) is 2.47. The normalized spacial score (nSPS) is 10.2. The molecule has 1 aromatic heterocycles. The van der Waals surface area contributed by atoms with Gasteiger partial charge in [-0.15, -0.1) is 6.58 Å². The van der Waals surface area contributed by atoms with Crippen molar-refractivity contribution < 1.29 is 4.39 Å². The van der Waals surface area contributed by atoms with Gasteiger partial charge in [0.15, 0.2) is 0 Å². The number of aromatic nitrogens is 2. The number of hydrogen-bond donors (Lipinski definition) is 1. The van der Waals surface area contributed by atoms with Gasteiger partial charge >= 0.3 is 0 Å². The van der Waals surface area contributed by atoms with Crippen LogP contribution in [-0.4, -0.2) is 16.1 Å². The Kier molecular flexibility index (Phi) is 3.44. The van der Waals surface area contributed by atoms with Gasteiger partial charge in [0, 0.05) is 18.9 Å². The number of anilines is 1. The van der Waals surface area contributed by atoms with E-state index in [2.05, 4.69) is 16.9 Å². The van der Waals surface area contributed by atoms with E-state index in [1.165, 1.54) is 12.1 Å². The SMILES string of the molecule is C=CCNc1nccn1-c1ccc(F)cc1Cl. The Hall–Kier alpha value is -1.81. The first-order chi connectivity index (χ1) is 8.22. The fourth-order valence-corrected chi connectivity index (χ4v) is 1.73. The van der Waals surface area contributed by atoms with Crippen LogP contribution in [0.1, 0.15) is 0 Å². The lowest BCUT2D eigenvalue weighted by Gasteiger charge is -2.10. The number of hydrogen-bond acceptors (Lipinski definition) is 2. The fraction of sp³-hybridized carbons (Fsp3) is 0.0833. The number of nitrogens with zero attached hydrogens (tertiary/aromatic N) is 2. The Labute approximate surface area is 104 Å². The summed E-state index contributed by atoms with van der Waals surface area (Å²) >= 11 is 5.99. The summed E-state index contributed by atoms with van der Waals surface area (Å²) in [5.74, 6) is 0.276. The largest absolute Gasteiger partial charge is 0.352 e. The average Bonchev–Trinajstić information content (AvgIpc) is 2.74. The summed E-state index contributed by atoms with van der Waals surface area (Å²) in [4.78, 5) is 4.15. The minimum absolute atomic E-state index is 0.338. The van der Waals surface area contributed by atoms with Crippen molar-refractivity contribution in [2.24, 2.45) is 0 Å². The average molecular weight is 252 g/mol. The van der Waals surface area contributed by atoms with Gasteiger partial charge in [-0.1, -0.05) is 17.7 Å². The second-order valence-corrected chi connectivity index (χ2v) is 3.79. The van der Waals surface area contributed by atoms with E-state index in [0.29, 0.717) is 23.2 Å². The molecular weight excluding hydrogens is 241 g/mol. The maximum atomic E-state index is 13.0. The lowest BCUT2D eigenvalue weighted by Crippen LogP contribution is -2.06. The van der Waals surface area contributed by atoms with Crippen molar-refractivity contribution >= 4 is 17.5 Å². The van der Waals surface area contributed by atoms with Crippen LogP contribution in [0.5, 0.6) is 0 Å². The van der Waals surface area contributed by atoms with Crippen LogP contribution in [0.25, 0.3) is 5.69 Å². The van der Waals surface area contributed by atoms with Crippen molar-refractivity contribution in [1.29, 1.82) is 0 Å². The van der Waals surface area contributed by atoms with Gasteiger partial charge in [-0.05, 0) is 18.2 Å². The minimum Gasteiger partial charge on any atom is -0.352 e. The van der Waals surface area contributed by atoms with E-state index in [1.54, 1.807) is 29.1 Å². The third-order valence-electron chi connectivity index (χ3n) is 2.21. The van der Waals surface area contributed by atoms with Crippen molar-refractivity contribution in [2.75, 3.05) is 11.9 Å². The van der Waals surface area contributed by atoms with Crippen LogP contribution >= 0.6 is 11.6 Å². The van der Waals surface area contributed by atoms with Gasteiger partial charge < -0.3 is 5.32 Å². The molecule has 0 aliphatic heterocycles. The van der Waals surface area contributed by atoms with Gasteiger partial charge in [-0.3, -0.25) is 4.57 Å². The van der Waals surface area contributed by atoms with E-state index in [4.69, 9.17) is 11.6 Å². The first-order valence-corrected chi connectivity index (χ1v) is 5.43. The van der Waals surface area contributed by atoms with Gasteiger partial charge in [-0.25, -0.2) is 9.37 Å². The molecule has 17 heavy (non-hydrogen) atoms. The molecule has 3 nitrogen and oxygen atoms in total. The van der Waals surface area contributed by atoms with E-state index in [-0.39, 0.29) is 5.82 Å². The molecule has 0 unspecified atom stereocenters. The van der Waals surface area contributed by atoms with Gasteiger partial charge in [0.1, 0.15) is 5.82 Å². The van der Waals surface area contributed by atoms with Crippen LogP contribution in [0.15, 0.2) is 43.2 Å². The molecule has 1 N–H and O–H groups in total. The molecule has 0 fully saturated rings. The summed E-state index contributed by atoms with van der Waals surface area (Å²) in [6.07, 6.45) is 5.13. The Morgan fingerprint density at radius 1 is 1.53 bits per heavy atom. The Balaban J connectivity index is 2.38. The Morgan fingerprint density at radius 3 is 3.06 bits per heavy atom. The molecule has 0 amide bonds. The molecule has 1 aromatic carbocycles. The topological polar surface area (TPSA) is 29.9 Å². The van der Waals surface area contributed by atoms with E-state index in [9.17, 15) is 4.39 Å². The molecule has 2 aromatic rings. The van der Waals surface area contributed by atoms with Crippen LogP contribution in [-0.2, 0) is 0 Å². The second-order valence-electron chi connectivity index (χ2n) is 3.39. The molecule has 0 aliphatic rings. The molecule has 5 heteroatoms. The van der Waals surface area contributed by atoms with Gasteiger partial charge in [0.25, 0.3) is 0 Å². The zero-order valence-corrected chi connectivity index (χ0v) is 9.78. The molecule has 2 rings (SSSR count). The van der Waals surface area contributed by atoms with Gasteiger partial charge in [-0.2, -0.15) is 0 Å². The summed E-state index contributed by atoms with van der Waals surface area (Å²) in [6.45, 7) is 4.21. The van der Waals surface area contributed by atoms with Crippen LogP contribution in [0, 0.1) is 5.82 Å². The molecule has 0 spiro atoms. The molecule has 0 aliphatic carbocycles. The highest BCUT2D eigenvalue weighted by Crippen LogP contribution is 2.24. The molecule has 0 radical (unpaired) electrons. The molecule has 0 bridgehead atoms. The molecule has 88 valence electrons.